The van der Waals surface area contributed by atoms with Crippen molar-refractivity contribution in [1.82, 2.24) is 5.32 Å². The topological polar surface area (TPSA) is 96.5 Å². The molecule has 2 aromatic carbocycles. The summed E-state index contributed by atoms with van der Waals surface area (Å²) in [6.07, 6.45) is 0.0966. The van der Waals surface area contributed by atoms with Crippen molar-refractivity contribution in [3.8, 4) is 5.75 Å². The molecule has 0 radical (unpaired) electrons. The van der Waals surface area contributed by atoms with Gasteiger partial charge in [-0.1, -0.05) is 32.9 Å². The van der Waals surface area contributed by atoms with Crippen LogP contribution >= 0.6 is 0 Å². The molecule has 30 heavy (non-hydrogen) atoms. The summed E-state index contributed by atoms with van der Waals surface area (Å²) in [7, 11) is 1.49. The van der Waals surface area contributed by atoms with Gasteiger partial charge in [0.05, 0.1) is 12.8 Å². The number of ether oxygens (including phenoxy) is 1. The zero-order valence-corrected chi connectivity index (χ0v) is 18.1. The molecule has 0 saturated heterocycles. The standard InChI is InChI=1S/C23H29N3O4/c1-15(27)25-18-10-11-20(30-5)19(14-18)26-21(28)12-13-24-22(29)16-6-8-17(9-7-16)23(2,3)4/h6-11,14H,12-13H2,1-5H3,(H,24,29)(H,25,27)(H,26,28). The third-order valence-corrected chi connectivity index (χ3v) is 4.44. The number of methoxy groups -OCH3 is 1. The normalized spacial score (nSPS) is 10.8. The fraction of sp³-hybridized carbons (Fsp3) is 0.348. The van der Waals surface area contributed by atoms with Gasteiger partial charge in [0.2, 0.25) is 11.8 Å². The van der Waals surface area contributed by atoms with Gasteiger partial charge in [-0.05, 0) is 41.3 Å². The minimum absolute atomic E-state index is 0.0192. The fourth-order valence-corrected chi connectivity index (χ4v) is 2.81. The van der Waals surface area contributed by atoms with Crippen molar-refractivity contribution in [3.63, 3.8) is 0 Å². The molecule has 0 heterocycles. The van der Waals surface area contributed by atoms with Gasteiger partial charge in [0.15, 0.2) is 0 Å². The van der Waals surface area contributed by atoms with Gasteiger partial charge in [0.25, 0.3) is 5.91 Å². The van der Waals surface area contributed by atoms with Crippen molar-refractivity contribution in [3.05, 3.63) is 53.6 Å². The lowest BCUT2D eigenvalue weighted by atomic mass is 9.87. The summed E-state index contributed by atoms with van der Waals surface area (Å²) in [4.78, 5) is 35.8. The third kappa shape index (κ3) is 6.62. The Bertz CT molecular complexity index is 915. The molecule has 0 aliphatic heterocycles. The molecular formula is C23H29N3O4. The highest BCUT2D eigenvalue weighted by Gasteiger charge is 2.15. The van der Waals surface area contributed by atoms with E-state index in [1.54, 1.807) is 30.3 Å². The molecule has 0 bridgehead atoms. The average Bonchev–Trinajstić information content (AvgIpc) is 2.67. The number of carbonyl (C=O) groups is 3. The van der Waals surface area contributed by atoms with Gasteiger partial charge in [0, 0.05) is 31.1 Å². The van der Waals surface area contributed by atoms with Crippen LogP contribution < -0.4 is 20.7 Å². The second-order valence-corrected chi connectivity index (χ2v) is 7.98. The van der Waals surface area contributed by atoms with Crippen molar-refractivity contribution in [1.29, 1.82) is 0 Å². The number of benzene rings is 2. The van der Waals surface area contributed by atoms with E-state index < -0.39 is 0 Å². The molecule has 0 unspecified atom stereocenters. The molecule has 0 fully saturated rings. The van der Waals surface area contributed by atoms with E-state index >= 15 is 0 Å². The molecule has 0 aromatic heterocycles. The number of anilines is 2. The smallest absolute Gasteiger partial charge is 0.251 e. The van der Waals surface area contributed by atoms with E-state index in [0.717, 1.165) is 5.56 Å². The molecule has 2 aromatic rings. The molecule has 0 aliphatic carbocycles. The summed E-state index contributed by atoms with van der Waals surface area (Å²) < 4.78 is 5.24. The van der Waals surface area contributed by atoms with E-state index in [9.17, 15) is 14.4 Å². The highest BCUT2D eigenvalue weighted by atomic mass is 16.5. The maximum absolute atomic E-state index is 12.3. The molecule has 0 spiro atoms. The Kier molecular flexibility index (Phi) is 7.58. The quantitative estimate of drug-likeness (QED) is 0.647. The van der Waals surface area contributed by atoms with E-state index in [1.807, 2.05) is 12.1 Å². The summed E-state index contributed by atoms with van der Waals surface area (Å²) in [6.45, 7) is 7.94. The van der Waals surface area contributed by atoms with E-state index in [4.69, 9.17) is 4.74 Å². The molecule has 0 atom stereocenters. The van der Waals surface area contributed by atoms with E-state index in [2.05, 4.69) is 36.7 Å². The molecule has 7 heteroatoms. The lowest BCUT2D eigenvalue weighted by Gasteiger charge is -2.19. The minimum Gasteiger partial charge on any atom is -0.495 e. The van der Waals surface area contributed by atoms with E-state index in [-0.39, 0.29) is 36.1 Å². The van der Waals surface area contributed by atoms with Crippen LogP contribution in [-0.2, 0) is 15.0 Å². The number of carbonyl (C=O) groups excluding carboxylic acids is 3. The lowest BCUT2D eigenvalue weighted by Crippen LogP contribution is -2.27. The van der Waals surface area contributed by atoms with E-state index in [0.29, 0.717) is 22.7 Å². The first-order valence-electron chi connectivity index (χ1n) is 9.74. The predicted molar refractivity (Wildman–Crippen MR) is 118 cm³/mol. The SMILES string of the molecule is COc1ccc(NC(C)=O)cc1NC(=O)CCNC(=O)c1ccc(C(C)(C)C)cc1. The number of rotatable bonds is 7. The Morgan fingerprint density at radius 2 is 1.63 bits per heavy atom. The Morgan fingerprint density at radius 1 is 0.967 bits per heavy atom. The van der Waals surface area contributed by atoms with Crippen molar-refractivity contribution < 1.29 is 19.1 Å². The third-order valence-electron chi connectivity index (χ3n) is 4.44. The van der Waals surface area contributed by atoms with Crippen LogP contribution in [0.5, 0.6) is 5.75 Å². The zero-order chi connectivity index (χ0) is 22.3. The molecular weight excluding hydrogens is 382 g/mol. The monoisotopic (exact) mass is 411 g/mol. The average molecular weight is 412 g/mol. The second-order valence-electron chi connectivity index (χ2n) is 7.98. The first-order chi connectivity index (χ1) is 14.1. The maximum atomic E-state index is 12.3. The van der Waals surface area contributed by atoms with Crippen LogP contribution in [0.1, 0.15) is 50.0 Å². The number of nitrogens with one attached hydrogen (secondary N) is 3. The van der Waals surface area contributed by atoms with Crippen molar-refractivity contribution in [2.45, 2.75) is 39.5 Å². The van der Waals surface area contributed by atoms with Gasteiger partial charge in [-0.2, -0.15) is 0 Å². The van der Waals surface area contributed by atoms with Gasteiger partial charge >= 0.3 is 0 Å². The van der Waals surface area contributed by atoms with Gasteiger partial charge in [-0.25, -0.2) is 0 Å². The number of hydrogen-bond acceptors (Lipinski definition) is 4. The first-order valence-corrected chi connectivity index (χ1v) is 9.74. The Labute approximate surface area is 177 Å². The van der Waals surface area contributed by atoms with Crippen LogP contribution in [0.25, 0.3) is 0 Å². The molecule has 7 nitrogen and oxygen atoms in total. The minimum atomic E-state index is -0.281. The number of hydrogen-bond donors (Lipinski definition) is 3. The summed E-state index contributed by atoms with van der Waals surface area (Å²) in [5.74, 6) is -0.249. The highest BCUT2D eigenvalue weighted by Crippen LogP contribution is 2.28. The van der Waals surface area contributed by atoms with Crippen molar-refractivity contribution >= 4 is 29.1 Å². The van der Waals surface area contributed by atoms with Gasteiger partial charge < -0.3 is 20.7 Å². The van der Waals surface area contributed by atoms with Crippen LogP contribution in [-0.4, -0.2) is 31.4 Å². The van der Waals surface area contributed by atoms with Crippen LogP contribution in [0.4, 0.5) is 11.4 Å². The van der Waals surface area contributed by atoms with E-state index in [1.165, 1.54) is 14.0 Å². The lowest BCUT2D eigenvalue weighted by molar-refractivity contribution is -0.116. The van der Waals surface area contributed by atoms with Crippen LogP contribution in [0.3, 0.4) is 0 Å². The van der Waals surface area contributed by atoms with Crippen molar-refractivity contribution in [2.75, 3.05) is 24.3 Å². The Morgan fingerprint density at radius 3 is 2.20 bits per heavy atom. The molecule has 0 aliphatic rings. The summed E-state index contributed by atoms with van der Waals surface area (Å²) >= 11 is 0. The Hall–Kier alpha value is -3.35. The van der Waals surface area contributed by atoms with Gasteiger partial charge in [0.1, 0.15) is 5.75 Å². The summed E-state index contributed by atoms with van der Waals surface area (Å²) in [6, 6.07) is 12.4. The molecule has 0 saturated carbocycles. The fourth-order valence-electron chi connectivity index (χ4n) is 2.81. The maximum Gasteiger partial charge on any atom is 0.251 e. The largest absolute Gasteiger partial charge is 0.495 e. The zero-order valence-electron chi connectivity index (χ0n) is 18.1. The first kappa shape index (κ1) is 22.9. The highest BCUT2D eigenvalue weighted by molar-refractivity contribution is 5.96. The molecule has 160 valence electrons. The van der Waals surface area contributed by atoms with Crippen LogP contribution in [0.15, 0.2) is 42.5 Å². The van der Waals surface area contributed by atoms with Gasteiger partial charge in [-0.3, -0.25) is 14.4 Å². The molecule has 3 N–H and O–H groups in total. The number of amides is 3. The van der Waals surface area contributed by atoms with Crippen LogP contribution in [0, 0.1) is 0 Å². The molecule has 3 amide bonds. The predicted octanol–water partition coefficient (Wildman–Crippen LogP) is 3.71. The summed E-state index contributed by atoms with van der Waals surface area (Å²) in [5.41, 5.74) is 2.70. The second kappa shape index (κ2) is 9.91. The van der Waals surface area contributed by atoms with Crippen LogP contribution in [0.2, 0.25) is 0 Å². The summed E-state index contributed by atoms with van der Waals surface area (Å²) in [5, 5.41) is 8.15. The molecule has 2 rings (SSSR count). The van der Waals surface area contributed by atoms with Crippen molar-refractivity contribution in [2.24, 2.45) is 0 Å². The Balaban J connectivity index is 1.90. The van der Waals surface area contributed by atoms with Gasteiger partial charge in [-0.15, -0.1) is 0 Å².